The Kier molecular flexibility index (Phi) is 3.31. The molecular weight excluding hydrogens is 266 g/mol. The standard InChI is InChI=1S/C18H24ClN/c1-11(12-4-2-5-14(19)8-12)20-18-10-13-9-17(18)16-7-3-6-15(13)16/h2,4-5,8,11,13,15-18,20H,3,6-7,9-10H2,1H3/t11-,13?,15?,16?,17?,18?/m1/s1. The van der Waals surface area contributed by atoms with Crippen molar-refractivity contribution >= 4 is 11.6 Å². The Hall–Kier alpha value is -0.530. The normalized spacial score (nSPS) is 40.0. The van der Waals surface area contributed by atoms with Gasteiger partial charge in [0.1, 0.15) is 0 Å². The molecule has 1 aromatic rings. The van der Waals surface area contributed by atoms with E-state index >= 15 is 0 Å². The molecule has 5 unspecified atom stereocenters. The van der Waals surface area contributed by atoms with Gasteiger partial charge in [-0.25, -0.2) is 0 Å². The highest BCUT2D eigenvalue weighted by Crippen LogP contribution is 2.58. The lowest BCUT2D eigenvalue weighted by Crippen LogP contribution is -2.40. The largest absolute Gasteiger partial charge is 0.307 e. The van der Waals surface area contributed by atoms with E-state index in [1.807, 2.05) is 6.07 Å². The van der Waals surface area contributed by atoms with Crippen LogP contribution in [0.1, 0.15) is 50.6 Å². The van der Waals surface area contributed by atoms with Crippen LogP contribution in [0.15, 0.2) is 24.3 Å². The summed E-state index contributed by atoms with van der Waals surface area (Å²) < 4.78 is 0. The lowest BCUT2D eigenvalue weighted by atomic mass is 9.79. The van der Waals surface area contributed by atoms with Crippen molar-refractivity contribution in [3.05, 3.63) is 34.9 Å². The van der Waals surface area contributed by atoms with Crippen LogP contribution in [0.3, 0.4) is 0 Å². The fraction of sp³-hybridized carbons (Fsp3) is 0.667. The fourth-order valence-corrected chi connectivity index (χ4v) is 5.65. The third-order valence-electron chi connectivity index (χ3n) is 6.24. The zero-order valence-corrected chi connectivity index (χ0v) is 12.9. The minimum atomic E-state index is 0.415. The molecule has 2 bridgehead atoms. The summed E-state index contributed by atoms with van der Waals surface area (Å²) in [6.45, 7) is 2.28. The van der Waals surface area contributed by atoms with E-state index in [1.165, 1.54) is 37.7 Å². The first-order valence-electron chi connectivity index (χ1n) is 8.24. The Morgan fingerprint density at radius 1 is 1.15 bits per heavy atom. The molecule has 3 saturated carbocycles. The molecule has 0 amide bonds. The molecule has 1 nitrogen and oxygen atoms in total. The Morgan fingerprint density at radius 2 is 2.00 bits per heavy atom. The summed E-state index contributed by atoms with van der Waals surface area (Å²) in [4.78, 5) is 0. The monoisotopic (exact) mass is 289 g/mol. The summed E-state index contributed by atoms with van der Waals surface area (Å²) in [5.74, 6) is 4.10. The van der Waals surface area contributed by atoms with Gasteiger partial charge < -0.3 is 5.32 Å². The first-order valence-corrected chi connectivity index (χ1v) is 8.61. The van der Waals surface area contributed by atoms with Crippen LogP contribution in [-0.2, 0) is 0 Å². The molecule has 0 aromatic heterocycles. The van der Waals surface area contributed by atoms with Gasteiger partial charge in [-0.15, -0.1) is 0 Å². The number of hydrogen-bond donors (Lipinski definition) is 1. The van der Waals surface area contributed by atoms with Gasteiger partial charge in [-0.05, 0) is 74.0 Å². The first kappa shape index (κ1) is 13.2. The summed E-state index contributed by atoms with van der Waals surface area (Å²) in [7, 11) is 0. The van der Waals surface area contributed by atoms with Crippen molar-refractivity contribution in [1.29, 1.82) is 0 Å². The van der Waals surface area contributed by atoms with Crippen LogP contribution < -0.4 is 5.32 Å². The molecule has 1 aromatic carbocycles. The maximum Gasteiger partial charge on any atom is 0.0409 e. The average Bonchev–Trinajstić information content (AvgIpc) is 3.10. The Labute approximate surface area is 127 Å². The number of hydrogen-bond acceptors (Lipinski definition) is 1. The summed E-state index contributed by atoms with van der Waals surface area (Å²) >= 11 is 6.11. The van der Waals surface area contributed by atoms with Gasteiger partial charge in [0, 0.05) is 17.1 Å². The van der Waals surface area contributed by atoms with Gasteiger partial charge in [-0.3, -0.25) is 0 Å². The number of rotatable bonds is 3. The van der Waals surface area contributed by atoms with Crippen molar-refractivity contribution < 1.29 is 0 Å². The van der Waals surface area contributed by atoms with Gasteiger partial charge in [0.15, 0.2) is 0 Å². The van der Waals surface area contributed by atoms with Gasteiger partial charge in [0.25, 0.3) is 0 Å². The third kappa shape index (κ3) is 2.10. The summed E-state index contributed by atoms with van der Waals surface area (Å²) in [6, 6.07) is 9.47. The van der Waals surface area contributed by atoms with Crippen molar-refractivity contribution in [2.75, 3.05) is 0 Å². The van der Waals surface area contributed by atoms with Crippen LogP contribution in [0.25, 0.3) is 0 Å². The highest BCUT2D eigenvalue weighted by molar-refractivity contribution is 6.30. The lowest BCUT2D eigenvalue weighted by molar-refractivity contribution is 0.200. The second-order valence-electron chi connectivity index (χ2n) is 7.20. The Morgan fingerprint density at radius 3 is 2.85 bits per heavy atom. The van der Waals surface area contributed by atoms with E-state index < -0.39 is 0 Å². The number of nitrogens with one attached hydrogen (secondary N) is 1. The van der Waals surface area contributed by atoms with Gasteiger partial charge in [0.05, 0.1) is 0 Å². The van der Waals surface area contributed by atoms with Crippen LogP contribution in [0.4, 0.5) is 0 Å². The van der Waals surface area contributed by atoms with E-state index in [0.29, 0.717) is 6.04 Å². The van der Waals surface area contributed by atoms with E-state index in [-0.39, 0.29) is 0 Å². The van der Waals surface area contributed by atoms with E-state index in [2.05, 4.69) is 30.4 Å². The lowest BCUT2D eigenvalue weighted by Gasteiger charge is -2.34. The molecule has 0 radical (unpaired) electrons. The quantitative estimate of drug-likeness (QED) is 0.841. The molecule has 6 atom stereocenters. The molecule has 1 N–H and O–H groups in total. The van der Waals surface area contributed by atoms with Crippen molar-refractivity contribution in [3.63, 3.8) is 0 Å². The van der Waals surface area contributed by atoms with Gasteiger partial charge in [-0.2, -0.15) is 0 Å². The minimum absolute atomic E-state index is 0.415. The van der Waals surface area contributed by atoms with Gasteiger partial charge >= 0.3 is 0 Å². The van der Waals surface area contributed by atoms with Crippen molar-refractivity contribution in [2.45, 2.75) is 51.1 Å². The molecule has 20 heavy (non-hydrogen) atoms. The Bertz CT molecular complexity index is 500. The molecule has 0 saturated heterocycles. The summed E-state index contributed by atoms with van der Waals surface area (Å²) in [6.07, 6.45) is 7.41. The summed E-state index contributed by atoms with van der Waals surface area (Å²) in [5, 5.41) is 4.75. The van der Waals surface area contributed by atoms with Crippen LogP contribution in [0.5, 0.6) is 0 Å². The van der Waals surface area contributed by atoms with Gasteiger partial charge in [-0.1, -0.05) is 30.2 Å². The molecule has 3 aliphatic rings. The SMILES string of the molecule is C[C@@H](NC1CC2CC1C1CCCC21)c1cccc(Cl)c1. The number of fused-ring (bicyclic) bond motifs is 5. The minimum Gasteiger partial charge on any atom is -0.307 e. The molecule has 0 spiro atoms. The zero-order valence-electron chi connectivity index (χ0n) is 12.2. The first-order chi connectivity index (χ1) is 9.72. The Balaban J connectivity index is 1.45. The van der Waals surface area contributed by atoms with E-state index in [4.69, 9.17) is 11.6 Å². The predicted molar refractivity (Wildman–Crippen MR) is 83.8 cm³/mol. The average molecular weight is 290 g/mol. The molecular formula is C18H24ClN. The molecule has 3 fully saturated rings. The van der Waals surface area contributed by atoms with Crippen molar-refractivity contribution in [2.24, 2.45) is 23.7 Å². The molecule has 3 aliphatic carbocycles. The molecule has 2 heteroatoms. The molecule has 0 aliphatic heterocycles. The fourth-order valence-electron chi connectivity index (χ4n) is 5.45. The second-order valence-corrected chi connectivity index (χ2v) is 7.64. The van der Waals surface area contributed by atoms with E-state index in [0.717, 1.165) is 34.7 Å². The smallest absolute Gasteiger partial charge is 0.0409 e. The highest BCUT2D eigenvalue weighted by atomic mass is 35.5. The van der Waals surface area contributed by atoms with Crippen LogP contribution in [0, 0.1) is 23.7 Å². The van der Waals surface area contributed by atoms with E-state index in [1.54, 1.807) is 0 Å². The zero-order chi connectivity index (χ0) is 13.7. The topological polar surface area (TPSA) is 12.0 Å². The van der Waals surface area contributed by atoms with Crippen LogP contribution in [0.2, 0.25) is 5.02 Å². The molecule has 4 rings (SSSR count). The molecule has 0 heterocycles. The second kappa shape index (κ2) is 5.03. The van der Waals surface area contributed by atoms with E-state index in [9.17, 15) is 0 Å². The maximum atomic E-state index is 6.11. The third-order valence-corrected chi connectivity index (χ3v) is 6.48. The number of halogens is 1. The van der Waals surface area contributed by atoms with Crippen molar-refractivity contribution in [1.82, 2.24) is 5.32 Å². The van der Waals surface area contributed by atoms with Gasteiger partial charge in [0.2, 0.25) is 0 Å². The highest BCUT2D eigenvalue weighted by Gasteiger charge is 2.53. The molecule has 108 valence electrons. The number of benzene rings is 1. The van der Waals surface area contributed by atoms with Crippen LogP contribution >= 0.6 is 11.6 Å². The van der Waals surface area contributed by atoms with Crippen molar-refractivity contribution in [3.8, 4) is 0 Å². The summed E-state index contributed by atoms with van der Waals surface area (Å²) in [5.41, 5.74) is 1.32. The predicted octanol–water partition coefficient (Wildman–Crippen LogP) is 4.82. The van der Waals surface area contributed by atoms with Crippen LogP contribution in [-0.4, -0.2) is 6.04 Å². The maximum absolute atomic E-state index is 6.11.